The van der Waals surface area contributed by atoms with Gasteiger partial charge in [0.2, 0.25) is 5.91 Å². The first-order valence-corrected chi connectivity index (χ1v) is 11.8. The Kier molecular flexibility index (Phi) is 10.0. The van der Waals surface area contributed by atoms with Gasteiger partial charge in [-0.25, -0.2) is 0 Å². The molecule has 4 N–H and O–H groups in total. The lowest BCUT2D eigenvalue weighted by atomic mass is 10.1. The maximum atomic E-state index is 12.5. The van der Waals surface area contributed by atoms with Crippen LogP contribution in [0.1, 0.15) is 45.7 Å². The minimum atomic E-state index is -0.258. The molecule has 0 bridgehead atoms. The van der Waals surface area contributed by atoms with E-state index in [9.17, 15) is 14.4 Å². The average Bonchev–Trinajstić information content (AvgIpc) is 2.90. The minimum Gasteiger partial charge on any atom is -0.385 e. The number of hydrogen-bond acceptors (Lipinski definition) is 5. The molecule has 3 aromatic carbocycles. The van der Waals surface area contributed by atoms with Crippen LogP contribution in [0, 0.1) is 0 Å². The number of amides is 3. The van der Waals surface area contributed by atoms with E-state index in [0.717, 1.165) is 12.0 Å². The highest BCUT2D eigenvalue weighted by Gasteiger charge is 2.12. The van der Waals surface area contributed by atoms with Crippen molar-refractivity contribution in [3.05, 3.63) is 95.6 Å². The third kappa shape index (κ3) is 8.25. The van der Waals surface area contributed by atoms with Gasteiger partial charge in [-0.1, -0.05) is 36.4 Å². The number of carbonyl (C=O) groups is 3. The molecule has 0 radical (unpaired) electrons. The van der Waals surface area contributed by atoms with E-state index >= 15 is 0 Å². The molecule has 0 fully saturated rings. The summed E-state index contributed by atoms with van der Waals surface area (Å²) < 4.78 is 4.97. The van der Waals surface area contributed by atoms with Crippen LogP contribution >= 0.6 is 0 Å². The highest BCUT2D eigenvalue weighted by Crippen LogP contribution is 2.15. The van der Waals surface area contributed by atoms with Crippen LogP contribution < -0.4 is 21.3 Å². The van der Waals surface area contributed by atoms with Crippen molar-refractivity contribution in [3.63, 3.8) is 0 Å². The first kappa shape index (κ1) is 26.4. The van der Waals surface area contributed by atoms with Gasteiger partial charge in [0, 0.05) is 42.8 Å². The third-order valence-electron chi connectivity index (χ3n) is 5.47. The quantitative estimate of drug-likeness (QED) is 0.288. The minimum absolute atomic E-state index is 0.0318. The van der Waals surface area contributed by atoms with E-state index in [4.69, 9.17) is 4.74 Å². The van der Waals surface area contributed by atoms with Gasteiger partial charge in [0.25, 0.3) is 11.8 Å². The van der Waals surface area contributed by atoms with E-state index in [1.54, 1.807) is 55.6 Å². The Labute approximate surface area is 211 Å². The number of ether oxygens (including phenoxy) is 1. The summed E-state index contributed by atoms with van der Waals surface area (Å²) in [6.07, 6.45) is 0.725. The summed E-state index contributed by atoms with van der Waals surface area (Å²) >= 11 is 0. The largest absolute Gasteiger partial charge is 0.385 e. The fourth-order valence-electron chi connectivity index (χ4n) is 3.49. The topological polar surface area (TPSA) is 109 Å². The lowest BCUT2D eigenvalue weighted by Crippen LogP contribution is -2.26. The van der Waals surface area contributed by atoms with Gasteiger partial charge in [0.05, 0.1) is 12.6 Å². The molecule has 188 valence electrons. The van der Waals surface area contributed by atoms with Crippen LogP contribution in [0.2, 0.25) is 0 Å². The fraction of sp³-hybridized carbons (Fsp3) is 0.250. The smallest absolute Gasteiger partial charge is 0.251 e. The molecular weight excluding hydrogens is 456 g/mol. The summed E-state index contributed by atoms with van der Waals surface area (Å²) in [4.78, 5) is 37.2. The first-order valence-electron chi connectivity index (χ1n) is 11.8. The number of carbonyl (C=O) groups excluding carboxylic acids is 3. The summed E-state index contributed by atoms with van der Waals surface area (Å²) in [7, 11) is 1.62. The van der Waals surface area contributed by atoms with Gasteiger partial charge in [0.15, 0.2) is 0 Å². The molecule has 36 heavy (non-hydrogen) atoms. The number of nitrogens with one attached hydrogen (secondary N) is 4. The van der Waals surface area contributed by atoms with Crippen molar-refractivity contribution in [2.75, 3.05) is 37.4 Å². The summed E-state index contributed by atoms with van der Waals surface area (Å²) in [6, 6.07) is 23.3. The Bertz CT molecular complexity index is 1150. The van der Waals surface area contributed by atoms with Crippen LogP contribution in [-0.4, -0.2) is 44.5 Å². The molecular formula is C28H32N4O4. The van der Waals surface area contributed by atoms with Gasteiger partial charge in [-0.3, -0.25) is 14.4 Å². The zero-order valence-electron chi connectivity index (χ0n) is 20.5. The predicted octanol–water partition coefficient (Wildman–Crippen LogP) is 3.99. The fourth-order valence-corrected chi connectivity index (χ4v) is 3.49. The molecule has 8 heteroatoms. The second kappa shape index (κ2) is 13.7. The second-order valence-corrected chi connectivity index (χ2v) is 8.27. The molecule has 0 spiro atoms. The Morgan fingerprint density at radius 2 is 1.58 bits per heavy atom. The summed E-state index contributed by atoms with van der Waals surface area (Å²) in [5.74, 6) is -0.632. The van der Waals surface area contributed by atoms with Crippen molar-refractivity contribution >= 4 is 29.1 Å². The zero-order chi connectivity index (χ0) is 25.8. The standard InChI is InChI=1S/C28H32N4O4/c1-20(21-8-4-3-5-9-21)31-28(35)22-12-14-24(15-13-22)30-19-26(33)32-25-11-6-10-23(18-25)27(34)29-16-7-17-36-2/h3-6,8-15,18,20,30H,7,16-17,19H2,1-2H3,(H,29,34)(H,31,35)(H,32,33). The van der Waals surface area contributed by atoms with Crippen LogP contribution in [0.3, 0.4) is 0 Å². The molecule has 8 nitrogen and oxygen atoms in total. The van der Waals surface area contributed by atoms with Crippen LogP contribution in [0.5, 0.6) is 0 Å². The van der Waals surface area contributed by atoms with Crippen LogP contribution in [0.25, 0.3) is 0 Å². The van der Waals surface area contributed by atoms with Gasteiger partial charge in [-0.2, -0.15) is 0 Å². The molecule has 0 aromatic heterocycles. The van der Waals surface area contributed by atoms with Gasteiger partial charge in [-0.15, -0.1) is 0 Å². The van der Waals surface area contributed by atoms with Crippen LogP contribution in [-0.2, 0) is 9.53 Å². The lowest BCUT2D eigenvalue weighted by molar-refractivity contribution is -0.114. The van der Waals surface area contributed by atoms with Crippen molar-refractivity contribution in [3.8, 4) is 0 Å². The van der Waals surface area contributed by atoms with Gasteiger partial charge in [0.1, 0.15) is 0 Å². The Hall–Kier alpha value is -4.17. The number of benzene rings is 3. The van der Waals surface area contributed by atoms with E-state index in [1.807, 2.05) is 37.3 Å². The highest BCUT2D eigenvalue weighted by atomic mass is 16.5. The highest BCUT2D eigenvalue weighted by molar-refractivity contribution is 5.98. The molecule has 1 atom stereocenters. The second-order valence-electron chi connectivity index (χ2n) is 8.27. The maximum absolute atomic E-state index is 12.5. The summed E-state index contributed by atoms with van der Waals surface area (Å²) in [6.45, 7) is 3.06. The third-order valence-corrected chi connectivity index (χ3v) is 5.47. The molecule has 3 aromatic rings. The Morgan fingerprint density at radius 3 is 2.31 bits per heavy atom. The molecule has 0 heterocycles. The van der Waals surface area contributed by atoms with E-state index < -0.39 is 0 Å². The number of anilines is 2. The van der Waals surface area contributed by atoms with Crippen molar-refractivity contribution < 1.29 is 19.1 Å². The number of methoxy groups -OCH3 is 1. The molecule has 1 unspecified atom stereocenters. The lowest BCUT2D eigenvalue weighted by Gasteiger charge is -2.14. The van der Waals surface area contributed by atoms with E-state index in [0.29, 0.717) is 35.7 Å². The van der Waals surface area contributed by atoms with E-state index in [2.05, 4.69) is 21.3 Å². The maximum Gasteiger partial charge on any atom is 0.251 e. The molecule has 0 aliphatic carbocycles. The molecule has 0 aliphatic rings. The molecule has 0 saturated heterocycles. The van der Waals surface area contributed by atoms with Gasteiger partial charge in [-0.05, 0) is 61.4 Å². The first-order chi connectivity index (χ1) is 17.5. The van der Waals surface area contributed by atoms with E-state index in [-0.39, 0.29) is 30.3 Å². The normalized spacial score (nSPS) is 11.3. The van der Waals surface area contributed by atoms with Gasteiger partial charge < -0.3 is 26.0 Å². The number of rotatable bonds is 12. The summed E-state index contributed by atoms with van der Waals surface area (Å²) in [5.41, 5.74) is 3.27. The molecule has 0 aliphatic heterocycles. The van der Waals surface area contributed by atoms with Crippen molar-refractivity contribution in [2.24, 2.45) is 0 Å². The molecule has 3 rings (SSSR count). The van der Waals surface area contributed by atoms with Gasteiger partial charge >= 0.3 is 0 Å². The van der Waals surface area contributed by atoms with Crippen LogP contribution in [0.4, 0.5) is 11.4 Å². The van der Waals surface area contributed by atoms with Crippen molar-refractivity contribution in [2.45, 2.75) is 19.4 Å². The SMILES string of the molecule is COCCCNC(=O)c1cccc(NC(=O)CNc2ccc(C(=O)NC(C)c3ccccc3)cc2)c1. The average molecular weight is 489 g/mol. The Morgan fingerprint density at radius 1 is 0.833 bits per heavy atom. The Balaban J connectivity index is 1.46. The number of hydrogen-bond donors (Lipinski definition) is 4. The van der Waals surface area contributed by atoms with Crippen molar-refractivity contribution in [1.29, 1.82) is 0 Å². The monoisotopic (exact) mass is 488 g/mol. The predicted molar refractivity (Wildman–Crippen MR) is 141 cm³/mol. The zero-order valence-corrected chi connectivity index (χ0v) is 20.5. The molecule has 0 saturated carbocycles. The van der Waals surface area contributed by atoms with E-state index in [1.165, 1.54) is 0 Å². The summed E-state index contributed by atoms with van der Waals surface area (Å²) in [5, 5.41) is 11.6. The van der Waals surface area contributed by atoms with Crippen LogP contribution in [0.15, 0.2) is 78.9 Å². The molecule has 3 amide bonds. The van der Waals surface area contributed by atoms with Crippen molar-refractivity contribution in [1.82, 2.24) is 10.6 Å².